The molecule has 114 valence electrons. The van der Waals surface area contributed by atoms with Crippen molar-refractivity contribution < 1.29 is 9.84 Å². The number of para-hydroxylation sites is 1. The van der Waals surface area contributed by atoms with Crippen LogP contribution in [-0.4, -0.2) is 18.3 Å². The Balaban J connectivity index is 1.42. The van der Waals surface area contributed by atoms with E-state index in [1.165, 1.54) is 32.1 Å². The molecule has 21 heavy (non-hydrogen) atoms. The third-order valence-electron chi connectivity index (χ3n) is 6.29. The Morgan fingerprint density at radius 1 is 1.19 bits per heavy atom. The molecule has 3 saturated carbocycles. The van der Waals surface area contributed by atoms with E-state index in [0.717, 1.165) is 35.8 Å². The standard InChI is InChI=1S/C18H25NO2/c1-21-17-7-2-4-11(18(17)20)10-19-16-9-12-8-15(16)14-6-3-5-13(12)14/h2,4,7,12-16,19-20H,3,5-6,8-10H2,1H3. The topological polar surface area (TPSA) is 41.5 Å². The van der Waals surface area contributed by atoms with Crippen LogP contribution in [0.2, 0.25) is 0 Å². The summed E-state index contributed by atoms with van der Waals surface area (Å²) in [6.45, 7) is 0.744. The molecule has 0 amide bonds. The number of nitrogens with one attached hydrogen (secondary N) is 1. The smallest absolute Gasteiger partial charge is 0.162 e. The first-order chi connectivity index (χ1) is 10.3. The van der Waals surface area contributed by atoms with Crippen LogP contribution in [0.4, 0.5) is 0 Å². The lowest BCUT2D eigenvalue weighted by Crippen LogP contribution is -2.38. The summed E-state index contributed by atoms with van der Waals surface area (Å²) in [5.41, 5.74) is 0.945. The van der Waals surface area contributed by atoms with Crippen LogP contribution in [0.5, 0.6) is 11.5 Å². The molecule has 0 saturated heterocycles. The zero-order valence-electron chi connectivity index (χ0n) is 12.7. The summed E-state index contributed by atoms with van der Waals surface area (Å²) in [6.07, 6.45) is 7.17. The van der Waals surface area contributed by atoms with Gasteiger partial charge in [-0.1, -0.05) is 18.6 Å². The van der Waals surface area contributed by atoms with Crippen molar-refractivity contribution in [3.8, 4) is 11.5 Å². The number of benzene rings is 1. The van der Waals surface area contributed by atoms with Crippen molar-refractivity contribution in [1.29, 1.82) is 0 Å². The van der Waals surface area contributed by atoms with Crippen LogP contribution in [0.1, 0.15) is 37.7 Å². The molecular formula is C18H25NO2. The first-order valence-corrected chi connectivity index (χ1v) is 8.36. The van der Waals surface area contributed by atoms with Crippen molar-refractivity contribution in [2.75, 3.05) is 7.11 Å². The third-order valence-corrected chi connectivity index (χ3v) is 6.29. The van der Waals surface area contributed by atoms with Gasteiger partial charge in [0.25, 0.3) is 0 Å². The molecule has 3 nitrogen and oxygen atoms in total. The van der Waals surface area contributed by atoms with E-state index in [9.17, 15) is 5.11 Å². The summed E-state index contributed by atoms with van der Waals surface area (Å²) in [4.78, 5) is 0. The molecule has 2 N–H and O–H groups in total. The molecular weight excluding hydrogens is 262 g/mol. The number of hydrogen-bond acceptors (Lipinski definition) is 3. The Bertz CT molecular complexity index is 530. The van der Waals surface area contributed by atoms with Crippen molar-refractivity contribution in [3.05, 3.63) is 23.8 Å². The molecule has 3 fully saturated rings. The molecule has 3 heteroatoms. The fourth-order valence-electron chi connectivity index (χ4n) is 5.42. The lowest BCUT2D eigenvalue weighted by Gasteiger charge is -2.32. The fraction of sp³-hybridized carbons (Fsp3) is 0.667. The second-order valence-electron chi connectivity index (χ2n) is 7.11. The molecule has 2 bridgehead atoms. The number of fused-ring (bicyclic) bond motifs is 5. The predicted molar refractivity (Wildman–Crippen MR) is 82.3 cm³/mol. The summed E-state index contributed by atoms with van der Waals surface area (Å²) in [5, 5.41) is 13.9. The first-order valence-electron chi connectivity index (χ1n) is 8.36. The number of ether oxygens (including phenoxy) is 1. The molecule has 5 unspecified atom stereocenters. The maximum Gasteiger partial charge on any atom is 0.162 e. The van der Waals surface area contributed by atoms with Gasteiger partial charge in [-0.2, -0.15) is 0 Å². The fourth-order valence-corrected chi connectivity index (χ4v) is 5.42. The number of phenolic OH excluding ortho intramolecular Hbond substituents is 1. The summed E-state index contributed by atoms with van der Waals surface area (Å²) < 4.78 is 5.19. The van der Waals surface area contributed by atoms with Gasteiger partial charge in [-0.3, -0.25) is 0 Å². The largest absolute Gasteiger partial charge is 0.504 e. The van der Waals surface area contributed by atoms with E-state index in [4.69, 9.17) is 4.74 Å². The van der Waals surface area contributed by atoms with Gasteiger partial charge in [-0.25, -0.2) is 0 Å². The summed E-state index contributed by atoms with van der Waals surface area (Å²) in [7, 11) is 1.60. The van der Waals surface area contributed by atoms with Crippen LogP contribution < -0.4 is 10.1 Å². The van der Waals surface area contributed by atoms with Gasteiger partial charge in [0.1, 0.15) is 0 Å². The molecule has 3 aliphatic rings. The Morgan fingerprint density at radius 3 is 2.90 bits per heavy atom. The van der Waals surface area contributed by atoms with Crippen molar-refractivity contribution in [2.45, 2.75) is 44.7 Å². The lowest BCUT2D eigenvalue weighted by atomic mass is 9.79. The van der Waals surface area contributed by atoms with E-state index in [2.05, 4.69) is 5.32 Å². The number of phenols is 1. The van der Waals surface area contributed by atoms with Crippen LogP contribution in [0, 0.1) is 23.7 Å². The number of methoxy groups -OCH3 is 1. The Kier molecular flexibility index (Phi) is 3.33. The Hall–Kier alpha value is -1.22. The van der Waals surface area contributed by atoms with Gasteiger partial charge in [0.05, 0.1) is 7.11 Å². The van der Waals surface area contributed by atoms with E-state index < -0.39 is 0 Å². The minimum atomic E-state index is 0.286. The van der Waals surface area contributed by atoms with E-state index in [-0.39, 0.29) is 5.75 Å². The van der Waals surface area contributed by atoms with Crippen molar-refractivity contribution >= 4 is 0 Å². The van der Waals surface area contributed by atoms with Gasteiger partial charge in [0.2, 0.25) is 0 Å². The molecule has 0 aromatic heterocycles. The number of aromatic hydroxyl groups is 1. The molecule has 0 spiro atoms. The predicted octanol–water partition coefficient (Wildman–Crippen LogP) is 3.32. The molecule has 1 aromatic carbocycles. The number of rotatable bonds is 4. The molecule has 0 aliphatic heterocycles. The molecule has 5 atom stereocenters. The molecule has 3 aliphatic carbocycles. The van der Waals surface area contributed by atoms with E-state index in [1.54, 1.807) is 13.2 Å². The van der Waals surface area contributed by atoms with Crippen molar-refractivity contribution in [1.82, 2.24) is 5.32 Å². The average Bonchev–Trinajstić information content (AvgIpc) is 3.18. The minimum absolute atomic E-state index is 0.286. The molecule has 0 heterocycles. The highest BCUT2D eigenvalue weighted by Crippen LogP contribution is 2.58. The third kappa shape index (κ3) is 2.13. The minimum Gasteiger partial charge on any atom is -0.504 e. The van der Waals surface area contributed by atoms with Gasteiger partial charge in [0.15, 0.2) is 11.5 Å². The molecule has 1 aromatic rings. The average molecular weight is 287 g/mol. The normalized spacial score (nSPS) is 36.9. The highest BCUT2D eigenvalue weighted by atomic mass is 16.5. The van der Waals surface area contributed by atoms with E-state index >= 15 is 0 Å². The second-order valence-corrected chi connectivity index (χ2v) is 7.11. The Labute approximate surface area is 126 Å². The lowest BCUT2D eigenvalue weighted by molar-refractivity contribution is 0.207. The van der Waals surface area contributed by atoms with Gasteiger partial charge in [-0.05, 0) is 55.4 Å². The van der Waals surface area contributed by atoms with Crippen LogP contribution in [0.15, 0.2) is 18.2 Å². The Morgan fingerprint density at radius 2 is 2.05 bits per heavy atom. The van der Waals surface area contributed by atoms with Crippen LogP contribution in [0.25, 0.3) is 0 Å². The van der Waals surface area contributed by atoms with Crippen LogP contribution in [0.3, 0.4) is 0 Å². The van der Waals surface area contributed by atoms with Gasteiger partial charge in [-0.15, -0.1) is 0 Å². The monoisotopic (exact) mass is 287 g/mol. The number of hydrogen-bond donors (Lipinski definition) is 2. The second kappa shape index (κ2) is 5.20. The zero-order chi connectivity index (χ0) is 14.4. The highest BCUT2D eigenvalue weighted by Gasteiger charge is 2.53. The van der Waals surface area contributed by atoms with Gasteiger partial charge >= 0.3 is 0 Å². The molecule has 0 radical (unpaired) electrons. The summed E-state index contributed by atoms with van der Waals surface area (Å²) in [5.74, 6) is 4.74. The highest BCUT2D eigenvalue weighted by molar-refractivity contribution is 5.45. The summed E-state index contributed by atoms with van der Waals surface area (Å²) >= 11 is 0. The first kappa shape index (κ1) is 13.4. The zero-order valence-corrected chi connectivity index (χ0v) is 12.7. The SMILES string of the molecule is COc1cccc(CNC2CC3CC2C2CCCC32)c1O. The molecule has 4 rings (SSSR count). The van der Waals surface area contributed by atoms with Gasteiger partial charge in [0, 0.05) is 18.2 Å². The van der Waals surface area contributed by atoms with Crippen LogP contribution in [-0.2, 0) is 6.54 Å². The maximum atomic E-state index is 10.2. The van der Waals surface area contributed by atoms with Crippen LogP contribution >= 0.6 is 0 Å². The van der Waals surface area contributed by atoms with Gasteiger partial charge < -0.3 is 15.2 Å². The summed E-state index contributed by atoms with van der Waals surface area (Å²) in [6, 6.07) is 6.39. The van der Waals surface area contributed by atoms with Crippen molar-refractivity contribution in [2.24, 2.45) is 23.7 Å². The maximum absolute atomic E-state index is 10.2. The van der Waals surface area contributed by atoms with Crippen molar-refractivity contribution in [3.63, 3.8) is 0 Å². The quantitative estimate of drug-likeness (QED) is 0.892. The van der Waals surface area contributed by atoms with E-state index in [0.29, 0.717) is 11.8 Å². The van der Waals surface area contributed by atoms with E-state index in [1.807, 2.05) is 12.1 Å².